The lowest BCUT2D eigenvalue weighted by Gasteiger charge is -2.17. The highest BCUT2D eigenvalue weighted by atomic mass is 32.2. The first-order valence-electron chi connectivity index (χ1n) is 10.5. The average molecular weight is 453 g/mol. The van der Waals surface area contributed by atoms with Gasteiger partial charge in [0.15, 0.2) is 0 Å². The summed E-state index contributed by atoms with van der Waals surface area (Å²) in [6.45, 7) is 3.27. The molecular weight excluding hydrogens is 424 g/mol. The smallest absolute Gasteiger partial charge is 0.266 e. The molecule has 0 aromatic heterocycles. The predicted octanol–water partition coefficient (Wildman–Crippen LogP) is 5.42. The Morgan fingerprint density at radius 1 is 1.06 bits per heavy atom. The Kier molecular flexibility index (Phi) is 8.43. The average Bonchev–Trinajstić information content (AvgIpc) is 3.02. The molecule has 31 heavy (non-hydrogen) atoms. The summed E-state index contributed by atoms with van der Waals surface area (Å²) >= 11 is 6.78. The topological polar surface area (TPSA) is 40.6 Å². The van der Waals surface area contributed by atoms with Crippen LogP contribution in [0.15, 0.2) is 59.5 Å². The van der Waals surface area contributed by atoms with E-state index in [1.165, 1.54) is 17.3 Å². The summed E-state index contributed by atoms with van der Waals surface area (Å²) in [5.41, 5.74) is 3.32. The summed E-state index contributed by atoms with van der Waals surface area (Å²) in [4.78, 5) is 29.2. The number of benzene rings is 2. The summed E-state index contributed by atoms with van der Waals surface area (Å²) < 4.78 is 0.613. The number of hydrogen-bond acceptors (Lipinski definition) is 4. The monoisotopic (exact) mass is 452 g/mol. The Labute approximate surface area is 194 Å². The molecule has 2 aromatic rings. The van der Waals surface area contributed by atoms with Crippen molar-refractivity contribution < 1.29 is 9.59 Å². The van der Waals surface area contributed by atoms with Crippen LogP contribution in [0.3, 0.4) is 0 Å². The van der Waals surface area contributed by atoms with E-state index >= 15 is 0 Å². The van der Waals surface area contributed by atoms with Crippen molar-refractivity contribution in [2.24, 2.45) is 0 Å². The van der Waals surface area contributed by atoms with Gasteiger partial charge in [0.2, 0.25) is 5.91 Å². The Morgan fingerprint density at radius 3 is 2.48 bits per heavy atom. The third-order valence-electron chi connectivity index (χ3n) is 5.21. The summed E-state index contributed by atoms with van der Waals surface area (Å²) in [7, 11) is 1.84. The Bertz CT molecular complexity index is 955. The summed E-state index contributed by atoms with van der Waals surface area (Å²) in [6.07, 6.45) is 4.96. The van der Waals surface area contributed by atoms with Crippen LogP contribution in [0.4, 0.5) is 0 Å². The Balaban J connectivity index is 1.40. The van der Waals surface area contributed by atoms with Gasteiger partial charge in [-0.15, -0.1) is 0 Å². The molecule has 0 unspecified atom stereocenters. The van der Waals surface area contributed by atoms with Crippen LogP contribution >= 0.6 is 24.0 Å². The van der Waals surface area contributed by atoms with E-state index in [2.05, 4.69) is 0 Å². The molecule has 1 fully saturated rings. The number of thiocarbonyl (C=S) groups is 1. The maximum atomic E-state index is 12.7. The molecular formula is C25H28N2O2S2. The molecule has 2 amide bonds. The number of aryl methyl sites for hydroxylation is 1. The zero-order valence-electron chi connectivity index (χ0n) is 18.0. The predicted molar refractivity (Wildman–Crippen MR) is 132 cm³/mol. The van der Waals surface area contributed by atoms with Crippen molar-refractivity contribution in [3.05, 3.63) is 76.2 Å². The van der Waals surface area contributed by atoms with E-state index in [-0.39, 0.29) is 11.8 Å². The van der Waals surface area contributed by atoms with Crippen molar-refractivity contribution in [2.45, 2.75) is 39.2 Å². The number of carbonyl (C=O) groups excluding carboxylic acids is 2. The second-order valence-electron chi connectivity index (χ2n) is 7.79. The quantitative estimate of drug-likeness (QED) is 0.290. The van der Waals surface area contributed by atoms with Gasteiger partial charge < -0.3 is 4.90 Å². The molecule has 0 radical (unpaired) electrons. The summed E-state index contributed by atoms with van der Waals surface area (Å²) in [6, 6.07) is 18.1. The fourth-order valence-electron chi connectivity index (χ4n) is 3.37. The first kappa shape index (κ1) is 23.2. The van der Waals surface area contributed by atoms with Crippen LogP contribution in [0.5, 0.6) is 0 Å². The third-order valence-corrected chi connectivity index (χ3v) is 6.59. The van der Waals surface area contributed by atoms with Crippen molar-refractivity contribution >= 4 is 46.2 Å². The molecule has 0 N–H and O–H groups in total. The Hall–Kier alpha value is -2.44. The molecule has 1 aliphatic rings. The molecule has 0 aliphatic carbocycles. The largest absolute Gasteiger partial charge is 0.341 e. The van der Waals surface area contributed by atoms with Gasteiger partial charge in [-0.25, -0.2) is 0 Å². The zero-order chi connectivity index (χ0) is 22.2. The molecule has 1 aliphatic heterocycles. The van der Waals surface area contributed by atoms with Crippen molar-refractivity contribution in [3.8, 4) is 0 Å². The second kappa shape index (κ2) is 11.3. The van der Waals surface area contributed by atoms with E-state index in [1.807, 2.05) is 74.6 Å². The van der Waals surface area contributed by atoms with Crippen LogP contribution in [0, 0.1) is 6.92 Å². The fraction of sp³-hybridized carbons (Fsp3) is 0.320. The fourth-order valence-corrected chi connectivity index (χ4v) is 4.67. The van der Waals surface area contributed by atoms with Crippen molar-refractivity contribution in [1.82, 2.24) is 9.80 Å². The lowest BCUT2D eigenvalue weighted by Crippen LogP contribution is -2.29. The van der Waals surface area contributed by atoms with Gasteiger partial charge in [0.1, 0.15) is 4.32 Å². The molecule has 0 bridgehead atoms. The van der Waals surface area contributed by atoms with E-state index < -0.39 is 0 Å². The summed E-state index contributed by atoms with van der Waals surface area (Å²) in [5, 5.41) is 0. The number of amides is 2. The van der Waals surface area contributed by atoms with Gasteiger partial charge in [-0.3, -0.25) is 14.5 Å². The lowest BCUT2D eigenvalue weighted by molar-refractivity contribution is -0.130. The van der Waals surface area contributed by atoms with Crippen LogP contribution in [0.2, 0.25) is 0 Å². The molecule has 3 rings (SSSR count). The molecule has 4 nitrogen and oxygen atoms in total. The highest BCUT2D eigenvalue weighted by Gasteiger charge is 2.31. The van der Waals surface area contributed by atoms with E-state index in [9.17, 15) is 9.59 Å². The van der Waals surface area contributed by atoms with Crippen LogP contribution in [0.1, 0.15) is 42.4 Å². The number of rotatable bonds is 9. The first-order chi connectivity index (χ1) is 14.9. The van der Waals surface area contributed by atoms with Gasteiger partial charge in [0.25, 0.3) is 5.91 Å². The normalized spacial score (nSPS) is 15.0. The van der Waals surface area contributed by atoms with Crippen molar-refractivity contribution in [2.75, 3.05) is 13.6 Å². The standard InChI is InChI=1S/C25H28N2O2S2/c1-19-12-14-20(15-13-19)17-22-24(29)27(25(30)31-22)16-8-4-7-11-23(28)26(2)18-21-9-5-3-6-10-21/h3,5-6,9-10,12-15,17H,4,7-8,11,16,18H2,1-2H3. The summed E-state index contributed by atoms with van der Waals surface area (Å²) in [5.74, 6) is 0.129. The van der Waals surface area contributed by atoms with Gasteiger partial charge >= 0.3 is 0 Å². The van der Waals surface area contributed by atoms with E-state index in [1.54, 1.807) is 9.80 Å². The van der Waals surface area contributed by atoms with E-state index in [4.69, 9.17) is 12.2 Å². The van der Waals surface area contributed by atoms with Crippen LogP contribution in [-0.2, 0) is 16.1 Å². The molecule has 1 saturated heterocycles. The van der Waals surface area contributed by atoms with Gasteiger partial charge in [-0.05, 0) is 37.0 Å². The van der Waals surface area contributed by atoms with Gasteiger partial charge in [-0.2, -0.15) is 0 Å². The molecule has 0 spiro atoms. The van der Waals surface area contributed by atoms with Crippen molar-refractivity contribution in [3.63, 3.8) is 0 Å². The number of unbranched alkanes of at least 4 members (excludes halogenated alkanes) is 2. The Morgan fingerprint density at radius 2 is 1.77 bits per heavy atom. The lowest BCUT2D eigenvalue weighted by atomic mass is 10.1. The zero-order valence-corrected chi connectivity index (χ0v) is 19.7. The minimum atomic E-state index is -0.0192. The highest BCUT2D eigenvalue weighted by molar-refractivity contribution is 8.26. The first-order valence-corrected chi connectivity index (χ1v) is 11.8. The molecule has 1 heterocycles. The maximum Gasteiger partial charge on any atom is 0.266 e. The number of hydrogen-bond donors (Lipinski definition) is 0. The third kappa shape index (κ3) is 6.77. The van der Waals surface area contributed by atoms with Crippen LogP contribution in [-0.4, -0.2) is 39.5 Å². The van der Waals surface area contributed by atoms with Crippen LogP contribution < -0.4 is 0 Å². The molecule has 0 atom stereocenters. The molecule has 0 saturated carbocycles. The van der Waals surface area contributed by atoms with Crippen molar-refractivity contribution in [1.29, 1.82) is 0 Å². The highest BCUT2D eigenvalue weighted by Crippen LogP contribution is 2.32. The van der Waals surface area contributed by atoms with E-state index in [0.717, 1.165) is 30.4 Å². The number of carbonyl (C=O) groups is 2. The molecule has 162 valence electrons. The van der Waals surface area contributed by atoms with Gasteiger partial charge in [0, 0.05) is 26.6 Å². The van der Waals surface area contributed by atoms with Gasteiger partial charge in [0.05, 0.1) is 4.91 Å². The molecule has 2 aromatic carbocycles. The maximum absolute atomic E-state index is 12.7. The second-order valence-corrected chi connectivity index (χ2v) is 9.47. The number of thioether (sulfide) groups is 1. The SMILES string of the molecule is Cc1ccc(C=C2SC(=S)N(CCCCCC(=O)N(C)Cc3ccccc3)C2=O)cc1. The van der Waals surface area contributed by atoms with E-state index in [0.29, 0.717) is 28.7 Å². The molecule has 6 heteroatoms. The van der Waals surface area contributed by atoms with Gasteiger partial charge in [-0.1, -0.05) is 90.6 Å². The minimum absolute atomic E-state index is 0.0192. The van der Waals surface area contributed by atoms with Crippen LogP contribution in [0.25, 0.3) is 6.08 Å². The number of nitrogens with zero attached hydrogens (tertiary/aromatic N) is 2. The minimum Gasteiger partial charge on any atom is -0.341 e.